The second-order valence-corrected chi connectivity index (χ2v) is 5.21. The average molecular weight is 250 g/mol. The van der Waals surface area contributed by atoms with Gasteiger partial charge < -0.3 is 9.47 Å². The third-order valence-electron chi connectivity index (χ3n) is 4.37. The van der Waals surface area contributed by atoms with Crippen molar-refractivity contribution in [2.24, 2.45) is 11.8 Å². The molecule has 1 aliphatic heterocycles. The largest absolute Gasteiger partial charge is 0.381 e. The van der Waals surface area contributed by atoms with Crippen LogP contribution >= 0.6 is 0 Å². The molecule has 0 saturated heterocycles. The van der Waals surface area contributed by atoms with Crippen LogP contribution in [0.15, 0.2) is 35.2 Å². The molecular formula is C15H19FO2. The molecule has 3 heteroatoms. The summed E-state index contributed by atoms with van der Waals surface area (Å²) in [6.07, 6.45) is 8.69. The molecule has 1 fully saturated rings. The Balaban J connectivity index is 1.90. The standard InChI is InChI=1S/C15H19FO2/c1-17-14-5-3-12-11(2-4-13(16)15(12)14)10-6-8-18-9-7-10/h2,4,6,12,14-15H,3,5,7-9H2,1H3. The molecule has 0 N–H and O–H groups in total. The number of fused-ring (bicyclic) bond motifs is 1. The van der Waals surface area contributed by atoms with Gasteiger partial charge in [-0.2, -0.15) is 0 Å². The number of ether oxygens (including phenoxy) is 2. The molecule has 3 atom stereocenters. The molecule has 0 amide bonds. The minimum Gasteiger partial charge on any atom is -0.381 e. The van der Waals surface area contributed by atoms with Gasteiger partial charge >= 0.3 is 0 Å². The van der Waals surface area contributed by atoms with E-state index in [1.54, 1.807) is 13.2 Å². The summed E-state index contributed by atoms with van der Waals surface area (Å²) in [4.78, 5) is 0. The maximum atomic E-state index is 14.0. The van der Waals surface area contributed by atoms with Crippen molar-refractivity contribution in [3.63, 3.8) is 0 Å². The predicted octanol–water partition coefficient (Wildman–Crippen LogP) is 3.17. The van der Waals surface area contributed by atoms with Gasteiger partial charge in [0.05, 0.1) is 19.3 Å². The van der Waals surface area contributed by atoms with Crippen LogP contribution in [0.25, 0.3) is 0 Å². The number of methoxy groups -OCH3 is 1. The number of allylic oxidation sites excluding steroid dienone is 3. The molecule has 2 aliphatic carbocycles. The second kappa shape index (κ2) is 4.98. The molecule has 0 aromatic rings. The van der Waals surface area contributed by atoms with Crippen LogP contribution < -0.4 is 0 Å². The van der Waals surface area contributed by atoms with E-state index in [0.29, 0.717) is 12.5 Å². The van der Waals surface area contributed by atoms with E-state index in [4.69, 9.17) is 9.47 Å². The summed E-state index contributed by atoms with van der Waals surface area (Å²) in [5.74, 6) is 0.212. The first-order valence-electron chi connectivity index (χ1n) is 6.68. The summed E-state index contributed by atoms with van der Waals surface area (Å²) < 4.78 is 24.8. The first-order valence-corrected chi connectivity index (χ1v) is 6.68. The maximum Gasteiger partial charge on any atom is 0.106 e. The third-order valence-corrected chi connectivity index (χ3v) is 4.37. The van der Waals surface area contributed by atoms with Gasteiger partial charge in [-0.1, -0.05) is 12.2 Å². The number of hydrogen-bond acceptors (Lipinski definition) is 2. The van der Waals surface area contributed by atoms with Crippen molar-refractivity contribution < 1.29 is 13.9 Å². The highest BCUT2D eigenvalue weighted by Crippen LogP contribution is 2.47. The fourth-order valence-corrected chi connectivity index (χ4v) is 3.48. The summed E-state index contributed by atoms with van der Waals surface area (Å²) in [7, 11) is 1.69. The van der Waals surface area contributed by atoms with Gasteiger partial charge in [-0.05, 0) is 42.4 Å². The monoisotopic (exact) mass is 250 g/mol. The van der Waals surface area contributed by atoms with E-state index in [1.165, 1.54) is 11.1 Å². The Morgan fingerprint density at radius 2 is 2.22 bits per heavy atom. The first-order chi connectivity index (χ1) is 8.81. The van der Waals surface area contributed by atoms with Crippen molar-refractivity contribution in [2.75, 3.05) is 20.3 Å². The van der Waals surface area contributed by atoms with Gasteiger partial charge in [0.25, 0.3) is 0 Å². The number of halogens is 1. The molecule has 3 unspecified atom stereocenters. The highest BCUT2D eigenvalue weighted by molar-refractivity contribution is 5.42. The minimum atomic E-state index is -0.0706. The lowest BCUT2D eigenvalue weighted by Crippen LogP contribution is -2.26. The predicted molar refractivity (Wildman–Crippen MR) is 67.8 cm³/mol. The van der Waals surface area contributed by atoms with Crippen LogP contribution in [-0.2, 0) is 9.47 Å². The second-order valence-electron chi connectivity index (χ2n) is 5.21. The van der Waals surface area contributed by atoms with E-state index in [2.05, 4.69) is 6.08 Å². The Hall–Kier alpha value is -0.930. The Labute approximate surface area is 107 Å². The van der Waals surface area contributed by atoms with Crippen molar-refractivity contribution in [2.45, 2.75) is 25.4 Å². The normalized spacial score (nSPS) is 35.7. The molecular weight excluding hydrogens is 231 g/mol. The molecule has 0 aromatic carbocycles. The lowest BCUT2D eigenvalue weighted by Gasteiger charge is -2.30. The van der Waals surface area contributed by atoms with E-state index in [0.717, 1.165) is 25.9 Å². The molecule has 3 rings (SSSR count). The van der Waals surface area contributed by atoms with Crippen LogP contribution in [0.3, 0.4) is 0 Å². The highest BCUT2D eigenvalue weighted by Gasteiger charge is 2.42. The van der Waals surface area contributed by atoms with Crippen LogP contribution in [0, 0.1) is 11.8 Å². The molecule has 98 valence electrons. The zero-order chi connectivity index (χ0) is 12.5. The fourth-order valence-electron chi connectivity index (χ4n) is 3.48. The van der Waals surface area contributed by atoms with Crippen molar-refractivity contribution >= 4 is 0 Å². The third kappa shape index (κ3) is 1.95. The Morgan fingerprint density at radius 1 is 1.33 bits per heavy atom. The summed E-state index contributed by atoms with van der Waals surface area (Å²) in [6.45, 7) is 1.46. The Kier molecular flexibility index (Phi) is 3.35. The molecule has 0 bridgehead atoms. The van der Waals surface area contributed by atoms with E-state index >= 15 is 0 Å². The molecule has 0 aromatic heterocycles. The first kappa shape index (κ1) is 12.1. The lowest BCUT2D eigenvalue weighted by molar-refractivity contribution is 0.0688. The van der Waals surface area contributed by atoms with Gasteiger partial charge in [-0.3, -0.25) is 0 Å². The van der Waals surface area contributed by atoms with Gasteiger partial charge in [0.15, 0.2) is 0 Å². The summed E-state index contributed by atoms with van der Waals surface area (Å²) in [5, 5.41) is 0. The molecule has 0 radical (unpaired) electrons. The highest BCUT2D eigenvalue weighted by atomic mass is 19.1. The topological polar surface area (TPSA) is 18.5 Å². The van der Waals surface area contributed by atoms with Gasteiger partial charge in [0.2, 0.25) is 0 Å². The van der Waals surface area contributed by atoms with Crippen molar-refractivity contribution in [1.29, 1.82) is 0 Å². The summed E-state index contributed by atoms with van der Waals surface area (Å²) in [5.41, 5.74) is 2.65. The van der Waals surface area contributed by atoms with Crippen LogP contribution in [0.2, 0.25) is 0 Å². The van der Waals surface area contributed by atoms with Crippen LogP contribution in [0.4, 0.5) is 4.39 Å². The minimum absolute atomic E-state index is 0.0132. The molecule has 18 heavy (non-hydrogen) atoms. The molecule has 1 heterocycles. The van der Waals surface area contributed by atoms with Crippen molar-refractivity contribution in [3.05, 3.63) is 35.2 Å². The number of rotatable bonds is 2. The van der Waals surface area contributed by atoms with Crippen LogP contribution in [0.1, 0.15) is 19.3 Å². The zero-order valence-electron chi connectivity index (χ0n) is 10.7. The van der Waals surface area contributed by atoms with Crippen LogP contribution in [0.5, 0.6) is 0 Å². The summed E-state index contributed by atoms with van der Waals surface area (Å²) in [6, 6.07) is 0. The van der Waals surface area contributed by atoms with Gasteiger partial charge in [-0.15, -0.1) is 0 Å². The smallest absolute Gasteiger partial charge is 0.106 e. The Morgan fingerprint density at radius 3 is 2.94 bits per heavy atom. The lowest BCUT2D eigenvalue weighted by atomic mass is 9.79. The van der Waals surface area contributed by atoms with Gasteiger partial charge in [-0.25, -0.2) is 4.39 Å². The van der Waals surface area contributed by atoms with E-state index in [1.807, 2.05) is 6.08 Å². The van der Waals surface area contributed by atoms with Crippen LogP contribution in [-0.4, -0.2) is 26.4 Å². The SMILES string of the molecule is COC1CCC2C(C3=CCOCC3)=CC=C(F)C12. The van der Waals surface area contributed by atoms with Gasteiger partial charge in [0.1, 0.15) is 5.83 Å². The quantitative estimate of drug-likeness (QED) is 0.749. The molecule has 1 saturated carbocycles. The zero-order valence-corrected chi connectivity index (χ0v) is 10.7. The fraction of sp³-hybridized carbons (Fsp3) is 0.600. The molecule has 0 spiro atoms. The van der Waals surface area contributed by atoms with E-state index < -0.39 is 0 Å². The molecule has 3 aliphatic rings. The summed E-state index contributed by atoms with van der Waals surface area (Å²) >= 11 is 0. The van der Waals surface area contributed by atoms with Gasteiger partial charge in [0, 0.05) is 13.0 Å². The van der Waals surface area contributed by atoms with E-state index in [-0.39, 0.29) is 17.8 Å². The van der Waals surface area contributed by atoms with E-state index in [9.17, 15) is 4.39 Å². The Bertz CT molecular complexity index is 422. The number of hydrogen-bond donors (Lipinski definition) is 0. The van der Waals surface area contributed by atoms with Crippen molar-refractivity contribution in [1.82, 2.24) is 0 Å². The maximum absolute atomic E-state index is 14.0. The van der Waals surface area contributed by atoms with Crippen molar-refractivity contribution in [3.8, 4) is 0 Å². The average Bonchev–Trinajstić information content (AvgIpc) is 2.85. The molecule has 2 nitrogen and oxygen atoms in total.